The average molecular weight is 353 g/mol. The Morgan fingerprint density at radius 2 is 1.92 bits per heavy atom. The zero-order valence-electron chi connectivity index (χ0n) is 14.6. The van der Waals surface area contributed by atoms with Crippen LogP contribution >= 0.6 is 0 Å². The lowest BCUT2D eigenvalue weighted by Crippen LogP contribution is -2.31. The van der Waals surface area contributed by atoms with E-state index in [4.69, 9.17) is 0 Å². The Morgan fingerprint density at radius 3 is 2.50 bits per heavy atom. The minimum atomic E-state index is -3.52. The molecule has 1 aliphatic carbocycles. The highest BCUT2D eigenvalue weighted by atomic mass is 32.2. The third kappa shape index (κ3) is 3.14. The van der Waals surface area contributed by atoms with Crippen LogP contribution in [0, 0.1) is 5.41 Å². The molecule has 1 fully saturated rings. The van der Waals surface area contributed by atoms with Crippen molar-refractivity contribution in [2.45, 2.75) is 58.8 Å². The standard InChI is InChI=1S/C18H28N2O3S/c1-3-6-18(7-4-2)8-5-14-12-17(21)16(11-15(14)13-18)20-10-9-19-24(20,22)23/h11-12,19,21H,3-10,13H2,1-2H3. The lowest BCUT2D eigenvalue weighted by molar-refractivity contribution is 0.200. The summed E-state index contributed by atoms with van der Waals surface area (Å²) < 4.78 is 28.0. The molecule has 0 bridgehead atoms. The molecule has 2 N–H and O–H groups in total. The van der Waals surface area contributed by atoms with Crippen LogP contribution in [0.25, 0.3) is 0 Å². The van der Waals surface area contributed by atoms with Gasteiger partial charge in [-0.15, -0.1) is 0 Å². The number of hydrogen-bond acceptors (Lipinski definition) is 3. The first kappa shape index (κ1) is 17.5. The number of fused-ring (bicyclic) bond motifs is 1. The quantitative estimate of drug-likeness (QED) is 0.855. The highest BCUT2D eigenvalue weighted by Crippen LogP contribution is 2.45. The molecule has 1 aromatic carbocycles. The number of aromatic hydroxyl groups is 1. The summed E-state index contributed by atoms with van der Waals surface area (Å²) in [7, 11) is -3.52. The molecule has 5 nitrogen and oxygen atoms in total. The van der Waals surface area contributed by atoms with E-state index >= 15 is 0 Å². The number of anilines is 1. The topological polar surface area (TPSA) is 69.6 Å². The molecule has 0 unspecified atom stereocenters. The monoisotopic (exact) mass is 352 g/mol. The second kappa shape index (κ2) is 6.56. The molecule has 6 heteroatoms. The molecule has 0 amide bonds. The van der Waals surface area contributed by atoms with Gasteiger partial charge in [-0.1, -0.05) is 26.7 Å². The molecule has 3 rings (SSSR count). The van der Waals surface area contributed by atoms with Crippen LogP contribution in [0.5, 0.6) is 5.75 Å². The summed E-state index contributed by atoms with van der Waals surface area (Å²) in [5.74, 6) is 0.0690. The van der Waals surface area contributed by atoms with Gasteiger partial charge >= 0.3 is 10.2 Å². The first-order valence-corrected chi connectivity index (χ1v) is 10.5. The molecule has 0 radical (unpaired) electrons. The third-order valence-corrected chi connectivity index (χ3v) is 7.03. The van der Waals surface area contributed by atoms with E-state index < -0.39 is 10.2 Å². The summed E-state index contributed by atoms with van der Waals surface area (Å²) >= 11 is 0. The summed E-state index contributed by atoms with van der Waals surface area (Å²) in [6.45, 7) is 5.22. The van der Waals surface area contributed by atoms with Crippen molar-refractivity contribution in [1.29, 1.82) is 0 Å². The van der Waals surface area contributed by atoms with Gasteiger partial charge in [0.15, 0.2) is 0 Å². The highest BCUT2D eigenvalue weighted by Gasteiger charge is 2.35. The molecule has 2 aliphatic rings. The first-order valence-electron chi connectivity index (χ1n) is 9.03. The van der Waals surface area contributed by atoms with Gasteiger partial charge in [0.05, 0.1) is 5.69 Å². The van der Waals surface area contributed by atoms with Crippen LogP contribution in [0.2, 0.25) is 0 Å². The van der Waals surface area contributed by atoms with Crippen LogP contribution in [0.4, 0.5) is 5.69 Å². The van der Waals surface area contributed by atoms with Gasteiger partial charge in [0, 0.05) is 13.1 Å². The number of nitrogens with one attached hydrogen (secondary N) is 1. The number of aryl methyl sites for hydroxylation is 1. The third-order valence-electron chi connectivity index (χ3n) is 5.51. The maximum Gasteiger partial charge on any atom is 0.301 e. The molecule has 1 saturated heterocycles. The fourth-order valence-electron chi connectivity index (χ4n) is 4.49. The number of rotatable bonds is 5. The Morgan fingerprint density at radius 1 is 1.21 bits per heavy atom. The molecule has 0 saturated carbocycles. The fourth-order valence-corrected chi connectivity index (χ4v) is 5.73. The molecular weight excluding hydrogens is 324 g/mol. The maximum atomic E-state index is 12.1. The van der Waals surface area contributed by atoms with Crippen LogP contribution in [0.3, 0.4) is 0 Å². The largest absolute Gasteiger partial charge is 0.506 e. The highest BCUT2D eigenvalue weighted by molar-refractivity contribution is 7.91. The number of benzene rings is 1. The number of phenolic OH excluding ortho intramolecular Hbond substituents is 1. The van der Waals surface area contributed by atoms with E-state index in [9.17, 15) is 13.5 Å². The van der Waals surface area contributed by atoms with Crippen LogP contribution in [0.1, 0.15) is 57.1 Å². The van der Waals surface area contributed by atoms with Gasteiger partial charge in [0.1, 0.15) is 5.75 Å². The van der Waals surface area contributed by atoms with Gasteiger partial charge in [-0.05, 0) is 60.8 Å². The van der Waals surface area contributed by atoms with Gasteiger partial charge in [-0.2, -0.15) is 13.1 Å². The Labute approximate surface area is 145 Å². The van der Waals surface area contributed by atoms with Gasteiger partial charge in [-0.25, -0.2) is 0 Å². The smallest absolute Gasteiger partial charge is 0.301 e. The summed E-state index contributed by atoms with van der Waals surface area (Å²) in [5, 5.41) is 10.4. The normalized spacial score (nSPS) is 21.7. The predicted octanol–water partition coefficient (Wildman–Crippen LogP) is 3.12. The van der Waals surface area contributed by atoms with Crippen LogP contribution < -0.4 is 9.03 Å². The van der Waals surface area contributed by atoms with E-state index in [1.54, 1.807) is 6.07 Å². The van der Waals surface area contributed by atoms with Crippen molar-refractivity contribution in [3.63, 3.8) is 0 Å². The van der Waals surface area contributed by atoms with Crippen molar-refractivity contribution in [3.05, 3.63) is 23.3 Å². The van der Waals surface area contributed by atoms with E-state index in [0.717, 1.165) is 19.3 Å². The Bertz CT molecular complexity index is 709. The van der Waals surface area contributed by atoms with Crippen molar-refractivity contribution < 1.29 is 13.5 Å². The lowest BCUT2D eigenvalue weighted by Gasteiger charge is -2.39. The van der Waals surface area contributed by atoms with E-state index in [0.29, 0.717) is 24.2 Å². The van der Waals surface area contributed by atoms with E-state index in [1.807, 2.05) is 6.07 Å². The van der Waals surface area contributed by atoms with Gasteiger partial charge in [0.25, 0.3) is 0 Å². The van der Waals surface area contributed by atoms with Crippen molar-refractivity contribution >= 4 is 15.9 Å². The van der Waals surface area contributed by atoms with Gasteiger partial charge in [-0.3, -0.25) is 4.31 Å². The molecular formula is C18H28N2O3S. The van der Waals surface area contributed by atoms with Crippen molar-refractivity contribution in [2.24, 2.45) is 5.41 Å². The summed E-state index contributed by atoms with van der Waals surface area (Å²) in [5.41, 5.74) is 3.12. The van der Waals surface area contributed by atoms with E-state index in [-0.39, 0.29) is 5.75 Å². The summed E-state index contributed by atoms with van der Waals surface area (Å²) in [6, 6.07) is 3.69. The van der Waals surface area contributed by atoms with Crippen molar-refractivity contribution in [1.82, 2.24) is 4.72 Å². The first-order chi connectivity index (χ1) is 11.4. The van der Waals surface area contributed by atoms with Crippen molar-refractivity contribution in [3.8, 4) is 5.75 Å². The zero-order chi connectivity index (χ0) is 17.4. The average Bonchev–Trinajstić information content (AvgIpc) is 2.87. The molecule has 134 valence electrons. The van der Waals surface area contributed by atoms with Crippen LogP contribution in [-0.2, 0) is 23.1 Å². The van der Waals surface area contributed by atoms with Gasteiger partial charge < -0.3 is 5.11 Å². The second-order valence-electron chi connectivity index (χ2n) is 7.26. The second-order valence-corrected chi connectivity index (χ2v) is 8.94. The Balaban J connectivity index is 1.97. The number of hydrogen-bond donors (Lipinski definition) is 2. The molecule has 24 heavy (non-hydrogen) atoms. The summed E-state index contributed by atoms with van der Waals surface area (Å²) in [6.07, 6.45) is 7.87. The molecule has 1 heterocycles. The minimum absolute atomic E-state index is 0.0690. The minimum Gasteiger partial charge on any atom is -0.506 e. The maximum absolute atomic E-state index is 12.1. The molecule has 0 aromatic heterocycles. The van der Waals surface area contributed by atoms with Crippen molar-refractivity contribution in [2.75, 3.05) is 17.4 Å². The number of nitrogens with zero attached hydrogens (tertiary/aromatic N) is 1. The molecule has 0 spiro atoms. The molecule has 1 aliphatic heterocycles. The SMILES string of the molecule is CCCC1(CCC)CCc2cc(O)c(N3CCNS3(=O)=O)cc2C1. The Kier molecular flexibility index (Phi) is 4.80. The van der Waals surface area contributed by atoms with Gasteiger partial charge in [0.2, 0.25) is 0 Å². The van der Waals surface area contributed by atoms with Crippen LogP contribution in [0.15, 0.2) is 12.1 Å². The zero-order valence-corrected chi connectivity index (χ0v) is 15.5. The van der Waals surface area contributed by atoms with E-state index in [2.05, 4.69) is 18.6 Å². The molecule has 0 atom stereocenters. The predicted molar refractivity (Wildman–Crippen MR) is 96.6 cm³/mol. The van der Waals surface area contributed by atoms with E-state index in [1.165, 1.54) is 41.1 Å². The Hall–Kier alpha value is -1.27. The summed E-state index contributed by atoms with van der Waals surface area (Å²) in [4.78, 5) is 0. The van der Waals surface area contributed by atoms with Crippen LogP contribution in [-0.4, -0.2) is 26.6 Å². The molecule has 1 aromatic rings. The fraction of sp³-hybridized carbons (Fsp3) is 0.667. The number of phenols is 1. The lowest BCUT2D eigenvalue weighted by atomic mass is 9.66.